The smallest absolute Gasteiger partial charge is 0.407 e. The van der Waals surface area contributed by atoms with Gasteiger partial charge in [0.05, 0.1) is 13.2 Å². The maximum absolute atomic E-state index is 11.1. The molecule has 0 saturated heterocycles. The molecule has 5 heteroatoms. The van der Waals surface area contributed by atoms with Crippen molar-refractivity contribution in [1.29, 1.82) is 0 Å². The lowest BCUT2D eigenvalue weighted by Crippen LogP contribution is -2.58. The van der Waals surface area contributed by atoms with E-state index in [2.05, 4.69) is 12.2 Å². The largest absolute Gasteiger partial charge is 0.465 e. The highest BCUT2D eigenvalue weighted by molar-refractivity contribution is 5.64. The second-order valence-electron chi connectivity index (χ2n) is 8.36. The molecule has 138 valence electrons. The summed E-state index contributed by atoms with van der Waals surface area (Å²) in [5.74, 6) is 2.90. The number of carboxylic acid groups (broad SMARTS) is 1. The van der Waals surface area contributed by atoms with Gasteiger partial charge in [0.25, 0.3) is 0 Å². The number of hydrogen-bond donors (Lipinski definition) is 2. The van der Waals surface area contributed by atoms with Crippen molar-refractivity contribution in [3.05, 3.63) is 0 Å². The zero-order valence-corrected chi connectivity index (χ0v) is 15.1. The molecule has 2 N–H and O–H groups in total. The second-order valence-corrected chi connectivity index (χ2v) is 8.36. The van der Waals surface area contributed by atoms with Crippen LogP contribution < -0.4 is 5.32 Å². The summed E-state index contributed by atoms with van der Waals surface area (Å²) in [7, 11) is 0. The van der Waals surface area contributed by atoms with Gasteiger partial charge in [0, 0.05) is 25.2 Å². The summed E-state index contributed by atoms with van der Waals surface area (Å²) in [4.78, 5) is 12.6. The first-order valence-electron chi connectivity index (χ1n) is 9.91. The van der Waals surface area contributed by atoms with Crippen LogP contribution in [-0.2, 0) is 4.74 Å². The Morgan fingerprint density at radius 2 is 1.75 bits per heavy atom. The molecule has 4 fully saturated rings. The zero-order valence-electron chi connectivity index (χ0n) is 15.1. The Morgan fingerprint density at radius 1 is 1.12 bits per heavy atom. The Hall–Kier alpha value is -0.810. The van der Waals surface area contributed by atoms with E-state index in [0.717, 1.165) is 37.1 Å². The Labute approximate surface area is 146 Å². The Bertz CT molecular complexity index is 392. The minimum atomic E-state index is -0.834. The predicted octanol–water partition coefficient (Wildman–Crippen LogP) is 3.34. The average Bonchev–Trinajstić information content (AvgIpc) is 2.51. The second kappa shape index (κ2) is 8.05. The average molecular weight is 338 g/mol. The van der Waals surface area contributed by atoms with Crippen LogP contribution in [0, 0.1) is 17.8 Å². The van der Waals surface area contributed by atoms with Gasteiger partial charge >= 0.3 is 6.09 Å². The maximum Gasteiger partial charge on any atom is 0.407 e. The van der Waals surface area contributed by atoms with E-state index in [0.29, 0.717) is 31.8 Å². The molecular formula is C19H34N2O3. The quantitative estimate of drug-likeness (QED) is 0.600. The highest BCUT2D eigenvalue weighted by atomic mass is 16.5. The van der Waals surface area contributed by atoms with Crippen LogP contribution in [0.4, 0.5) is 4.79 Å². The summed E-state index contributed by atoms with van der Waals surface area (Å²) in [6, 6.07) is 0. The van der Waals surface area contributed by atoms with E-state index in [1.165, 1.54) is 43.4 Å². The van der Waals surface area contributed by atoms with Gasteiger partial charge < -0.3 is 20.1 Å². The number of carbonyl (C=O) groups is 1. The van der Waals surface area contributed by atoms with Crippen LogP contribution in [0.2, 0.25) is 0 Å². The molecule has 0 radical (unpaired) electrons. The molecule has 4 bridgehead atoms. The molecular weight excluding hydrogens is 304 g/mol. The van der Waals surface area contributed by atoms with Gasteiger partial charge in [0.15, 0.2) is 0 Å². The van der Waals surface area contributed by atoms with Crippen LogP contribution >= 0.6 is 0 Å². The van der Waals surface area contributed by atoms with Crippen molar-refractivity contribution in [3.8, 4) is 0 Å². The highest BCUT2D eigenvalue weighted by Crippen LogP contribution is 2.55. The minimum Gasteiger partial charge on any atom is -0.465 e. The molecule has 5 nitrogen and oxygen atoms in total. The summed E-state index contributed by atoms with van der Waals surface area (Å²) in [5, 5.41) is 13.0. The summed E-state index contributed by atoms with van der Waals surface area (Å²) >= 11 is 0. The fourth-order valence-electron chi connectivity index (χ4n) is 5.64. The lowest BCUT2D eigenvalue weighted by molar-refractivity contribution is -0.0231. The fourth-order valence-corrected chi connectivity index (χ4v) is 5.64. The summed E-state index contributed by atoms with van der Waals surface area (Å²) < 4.78 is 5.69. The minimum absolute atomic E-state index is 0.395. The fraction of sp³-hybridized carbons (Fsp3) is 0.947. The van der Waals surface area contributed by atoms with Gasteiger partial charge in [0.2, 0.25) is 0 Å². The third-order valence-corrected chi connectivity index (χ3v) is 6.34. The summed E-state index contributed by atoms with van der Waals surface area (Å²) in [6.07, 6.45) is 9.60. The van der Waals surface area contributed by atoms with Crippen LogP contribution in [0.1, 0.15) is 58.3 Å². The first-order chi connectivity index (χ1) is 11.6. The third-order valence-electron chi connectivity index (χ3n) is 6.34. The number of rotatable bonds is 10. The number of ether oxygens (including phenoxy) is 1. The number of nitrogens with one attached hydrogen (secondary N) is 1. The molecule has 0 unspecified atom stereocenters. The highest BCUT2D eigenvalue weighted by Gasteiger charge is 2.50. The first-order valence-corrected chi connectivity index (χ1v) is 9.91. The molecule has 4 aliphatic carbocycles. The van der Waals surface area contributed by atoms with Gasteiger partial charge in [0.1, 0.15) is 0 Å². The van der Waals surface area contributed by atoms with Gasteiger partial charge in [-0.15, -0.1) is 0 Å². The van der Waals surface area contributed by atoms with E-state index in [1.54, 1.807) is 0 Å². The molecule has 0 aromatic heterocycles. The van der Waals surface area contributed by atoms with Crippen molar-refractivity contribution in [2.45, 2.75) is 63.8 Å². The lowest BCUT2D eigenvalue weighted by Gasteiger charge is -2.57. The van der Waals surface area contributed by atoms with Crippen LogP contribution in [-0.4, -0.2) is 54.5 Å². The number of hydrogen-bond acceptors (Lipinski definition) is 3. The van der Waals surface area contributed by atoms with Crippen molar-refractivity contribution in [1.82, 2.24) is 10.2 Å². The van der Waals surface area contributed by atoms with E-state index >= 15 is 0 Å². The molecule has 0 atom stereocenters. The molecule has 0 aromatic rings. The van der Waals surface area contributed by atoms with Gasteiger partial charge in [-0.2, -0.15) is 0 Å². The molecule has 0 aromatic carbocycles. The molecule has 4 aliphatic rings. The van der Waals surface area contributed by atoms with Gasteiger partial charge in [-0.05, 0) is 62.7 Å². The van der Waals surface area contributed by atoms with Crippen molar-refractivity contribution in [2.24, 2.45) is 17.8 Å². The Morgan fingerprint density at radius 3 is 2.29 bits per heavy atom. The molecule has 0 heterocycles. The Balaban J connectivity index is 1.31. The molecule has 0 aliphatic heterocycles. The Kier molecular flexibility index (Phi) is 6.03. The van der Waals surface area contributed by atoms with E-state index in [4.69, 9.17) is 9.84 Å². The summed E-state index contributed by atoms with van der Waals surface area (Å²) in [6.45, 7) is 5.25. The normalized spacial score (nSPS) is 33.8. The van der Waals surface area contributed by atoms with E-state index in [9.17, 15) is 4.79 Å². The van der Waals surface area contributed by atoms with Crippen molar-refractivity contribution < 1.29 is 14.6 Å². The van der Waals surface area contributed by atoms with Gasteiger partial charge in [-0.1, -0.05) is 13.3 Å². The monoisotopic (exact) mass is 338 g/mol. The molecule has 1 amide bonds. The van der Waals surface area contributed by atoms with Crippen LogP contribution in [0.3, 0.4) is 0 Å². The summed E-state index contributed by atoms with van der Waals surface area (Å²) in [5.41, 5.74) is 0.395. The number of amides is 1. The topological polar surface area (TPSA) is 61.8 Å². The predicted molar refractivity (Wildman–Crippen MR) is 94.2 cm³/mol. The van der Waals surface area contributed by atoms with Crippen LogP contribution in [0.5, 0.6) is 0 Å². The molecule has 4 rings (SSSR count). The van der Waals surface area contributed by atoms with Gasteiger partial charge in [-0.25, -0.2) is 4.79 Å². The van der Waals surface area contributed by atoms with Crippen LogP contribution in [0.25, 0.3) is 0 Å². The van der Waals surface area contributed by atoms with Gasteiger partial charge in [-0.3, -0.25) is 0 Å². The first kappa shape index (κ1) is 18.0. The third kappa shape index (κ3) is 4.42. The molecule has 0 spiro atoms. The van der Waals surface area contributed by atoms with Crippen molar-refractivity contribution in [2.75, 3.05) is 32.8 Å². The van der Waals surface area contributed by atoms with E-state index < -0.39 is 6.09 Å². The van der Waals surface area contributed by atoms with Crippen molar-refractivity contribution >= 4 is 6.09 Å². The van der Waals surface area contributed by atoms with E-state index in [1.807, 2.05) is 0 Å². The molecule has 4 saturated carbocycles. The zero-order chi connectivity index (χ0) is 17.0. The standard InChI is InChI=1S/C19H34N2O3/c1-2-3-5-21(18(22)23)6-8-24-7-4-20-19-12-15-9-16(13-19)11-17(10-15)14-19/h15-17,20H,2-14H2,1H3,(H,22,23). The van der Waals surface area contributed by atoms with Crippen molar-refractivity contribution in [3.63, 3.8) is 0 Å². The maximum atomic E-state index is 11.1. The SMILES string of the molecule is CCCCN(CCOCCNC12CC3CC(CC(C3)C1)C2)C(=O)O. The number of nitrogens with zero attached hydrogens (tertiary/aromatic N) is 1. The van der Waals surface area contributed by atoms with Crippen LogP contribution in [0.15, 0.2) is 0 Å². The molecule has 24 heavy (non-hydrogen) atoms. The lowest BCUT2D eigenvalue weighted by atomic mass is 9.53. The van der Waals surface area contributed by atoms with E-state index in [-0.39, 0.29) is 0 Å². The number of unbranched alkanes of at least 4 members (excludes halogenated alkanes) is 1.